The van der Waals surface area contributed by atoms with Gasteiger partial charge in [0.15, 0.2) is 0 Å². The van der Waals surface area contributed by atoms with Crippen LogP contribution in [0.1, 0.15) is 46.1 Å². The van der Waals surface area contributed by atoms with Gasteiger partial charge in [-0.3, -0.25) is 0 Å². The Kier molecular flexibility index (Phi) is 7.76. The van der Waals surface area contributed by atoms with Crippen molar-refractivity contribution >= 4 is 0 Å². The summed E-state index contributed by atoms with van der Waals surface area (Å²) in [6, 6.07) is 8.71. The van der Waals surface area contributed by atoms with Crippen molar-refractivity contribution in [2.24, 2.45) is 0 Å². The molecule has 0 saturated heterocycles. The van der Waals surface area contributed by atoms with Crippen LogP contribution in [0.2, 0.25) is 0 Å². The Hall–Kier alpha value is -1.06. The Bertz CT molecular complexity index is 387. The summed E-state index contributed by atoms with van der Waals surface area (Å²) in [7, 11) is 1.72. The fourth-order valence-electron chi connectivity index (χ4n) is 2.12. The van der Waals surface area contributed by atoms with Gasteiger partial charge in [0.25, 0.3) is 0 Å². The molecule has 0 amide bonds. The van der Waals surface area contributed by atoms with Crippen molar-refractivity contribution < 1.29 is 9.47 Å². The third-order valence-electron chi connectivity index (χ3n) is 4.02. The van der Waals surface area contributed by atoms with E-state index in [1.807, 2.05) is 0 Å². The second kappa shape index (κ2) is 9.06. The molecule has 3 nitrogen and oxygen atoms in total. The van der Waals surface area contributed by atoms with Gasteiger partial charge in [-0.15, -0.1) is 0 Å². The summed E-state index contributed by atoms with van der Waals surface area (Å²) in [5.41, 5.74) is 1.58. The molecular weight excluding hydrogens is 262 g/mol. The molecule has 0 bridgehead atoms. The lowest BCUT2D eigenvalue weighted by atomic mass is 9.82. The molecule has 1 atom stereocenters. The predicted molar refractivity (Wildman–Crippen MR) is 89.2 cm³/mol. The Morgan fingerprint density at radius 2 is 1.76 bits per heavy atom. The van der Waals surface area contributed by atoms with E-state index in [1.54, 1.807) is 7.11 Å². The van der Waals surface area contributed by atoms with E-state index in [0.717, 1.165) is 25.1 Å². The quantitative estimate of drug-likeness (QED) is 0.712. The summed E-state index contributed by atoms with van der Waals surface area (Å²) >= 11 is 0. The number of rotatable bonds is 10. The van der Waals surface area contributed by atoms with E-state index < -0.39 is 0 Å². The van der Waals surface area contributed by atoms with Crippen LogP contribution in [-0.4, -0.2) is 32.9 Å². The van der Waals surface area contributed by atoms with E-state index in [0.29, 0.717) is 13.2 Å². The maximum absolute atomic E-state index is 5.88. The molecule has 0 radical (unpaired) electrons. The number of methoxy groups -OCH3 is 1. The molecule has 1 unspecified atom stereocenters. The highest BCUT2D eigenvalue weighted by molar-refractivity contribution is 5.31. The van der Waals surface area contributed by atoms with Crippen LogP contribution in [-0.2, 0) is 10.2 Å². The smallest absolute Gasteiger partial charge is 0.119 e. The molecule has 0 aromatic heterocycles. The molecule has 0 aliphatic heterocycles. The lowest BCUT2D eigenvalue weighted by Crippen LogP contribution is -2.38. The number of hydrogen-bond acceptors (Lipinski definition) is 3. The highest BCUT2D eigenvalue weighted by Crippen LogP contribution is 2.28. The molecular formula is C18H31NO2. The molecule has 0 saturated carbocycles. The second-order valence-corrected chi connectivity index (χ2v) is 6.18. The first-order chi connectivity index (χ1) is 10.0. The van der Waals surface area contributed by atoms with Gasteiger partial charge in [0.05, 0.1) is 12.6 Å². The van der Waals surface area contributed by atoms with Gasteiger partial charge >= 0.3 is 0 Å². The molecule has 0 aliphatic carbocycles. The van der Waals surface area contributed by atoms with Crippen LogP contribution in [0.3, 0.4) is 0 Å². The zero-order valence-corrected chi connectivity index (χ0v) is 14.2. The molecule has 120 valence electrons. The van der Waals surface area contributed by atoms with E-state index >= 15 is 0 Å². The van der Waals surface area contributed by atoms with Gasteiger partial charge in [0.1, 0.15) is 12.4 Å². The molecule has 3 heteroatoms. The molecule has 21 heavy (non-hydrogen) atoms. The largest absolute Gasteiger partial charge is 0.492 e. The number of nitrogens with one attached hydrogen (secondary N) is 1. The third kappa shape index (κ3) is 6.06. The summed E-state index contributed by atoms with van der Waals surface area (Å²) < 4.78 is 11.1. The highest BCUT2D eigenvalue weighted by atomic mass is 16.5. The van der Waals surface area contributed by atoms with Gasteiger partial charge < -0.3 is 14.8 Å². The summed E-state index contributed by atoms with van der Waals surface area (Å²) in [4.78, 5) is 0. The Balaban J connectivity index is 2.54. The molecule has 1 N–H and O–H groups in total. The summed E-state index contributed by atoms with van der Waals surface area (Å²) in [5, 5.41) is 3.44. The van der Waals surface area contributed by atoms with E-state index in [1.165, 1.54) is 5.56 Å². The van der Waals surface area contributed by atoms with Crippen LogP contribution in [0, 0.1) is 0 Å². The summed E-state index contributed by atoms with van der Waals surface area (Å²) in [6.45, 7) is 11.2. The Labute approximate surface area is 130 Å². The van der Waals surface area contributed by atoms with Gasteiger partial charge in [-0.05, 0) is 42.5 Å². The normalized spacial score (nSPS) is 13.2. The molecule has 0 spiro atoms. The summed E-state index contributed by atoms with van der Waals surface area (Å²) in [5.74, 6) is 0.921. The fourth-order valence-corrected chi connectivity index (χ4v) is 2.12. The van der Waals surface area contributed by atoms with Crippen LogP contribution >= 0.6 is 0 Å². The predicted octanol–water partition coefficient (Wildman–Crippen LogP) is 3.77. The SMILES string of the molecule is CCCNC(COC)COc1ccc(C(C)(C)CC)cc1. The third-order valence-corrected chi connectivity index (χ3v) is 4.02. The number of benzene rings is 1. The van der Waals surface area contributed by atoms with E-state index in [9.17, 15) is 0 Å². The van der Waals surface area contributed by atoms with Gasteiger partial charge in [0.2, 0.25) is 0 Å². The topological polar surface area (TPSA) is 30.5 Å². The molecule has 0 heterocycles. The van der Waals surface area contributed by atoms with Crippen LogP contribution < -0.4 is 10.1 Å². The lowest BCUT2D eigenvalue weighted by Gasteiger charge is -2.23. The first kappa shape index (κ1) is 18.0. The molecule has 0 aliphatic rings. The zero-order valence-electron chi connectivity index (χ0n) is 14.2. The van der Waals surface area contributed by atoms with Crippen molar-refractivity contribution in [3.63, 3.8) is 0 Å². The maximum Gasteiger partial charge on any atom is 0.119 e. The summed E-state index contributed by atoms with van der Waals surface area (Å²) in [6.07, 6.45) is 2.24. The van der Waals surface area contributed by atoms with Crippen molar-refractivity contribution in [3.05, 3.63) is 29.8 Å². The number of hydrogen-bond donors (Lipinski definition) is 1. The fraction of sp³-hybridized carbons (Fsp3) is 0.667. The molecule has 1 aromatic rings. The van der Waals surface area contributed by atoms with Crippen molar-refractivity contribution in [2.45, 2.75) is 52.0 Å². The lowest BCUT2D eigenvalue weighted by molar-refractivity contribution is 0.136. The average Bonchev–Trinajstić information content (AvgIpc) is 2.50. The average molecular weight is 293 g/mol. The second-order valence-electron chi connectivity index (χ2n) is 6.18. The maximum atomic E-state index is 5.88. The van der Waals surface area contributed by atoms with Crippen LogP contribution in [0.5, 0.6) is 5.75 Å². The first-order valence-electron chi connectivity index (χ1n) is 7.99. The van der Waals surface area contributed by atoms with Crippen molar-refractivity contribution in [1.29, 1.82) is 0 Å². The van der Waals surface area contributed by atoms with E-state index in [4.69, 9.17) is 9.47 Å². The van der Waals surface area contributed by atoms with Crippen LogP contribution in [0.4, 0.5) is 0 Å². The zero-order chi connectivity index (χ0) is 15.7. The van der Waals surface area contributed by atoms with Gasteiger partial charge in [-0.25, -0.2) is 0 Å². The molecule has 1 rings (SSSR count). The minimum atomic E-state index is 0.222. The standard InChI is InChI=1S/C18H31NO2/c1-6-12-19-16(13-20-5)14-21-17-10-8-15(9-11-17)18(3,4)7-2/h8-11,16,19H,6-7,12-14H2,1-5H3. The Morgan fingerprint density at radius 1 is 1.10 bits per heavy atom. The van der Waals surface area contributed by atoms with E-state index in [2.05, 4.69) is 57.3 Å². The highest BCUT2D eigenvalue weighted by Gasteiger charge is 2.17. The Morgan fingerprint density at radius 3 is 2.29 bits per heavy atom. The van der Waals surface area contributed by atoms with Gasteiger partial charge in [-0.2, -0.15) is 0 Å². The van der Waals surface area contributed by atoms with Gasteiger partial charge in [-0.1, -0.05) is 39.8 Å². The first-order valence-corrected chi connectivity index (χ1v) is 7.99. The van der Waals surface area contributed by atoms with Gasteiger partial charge in [0, 0.05) is 7.11 Å². The van der Waals surface area contributed by atoms with Crippen LogP contribution in [0.25, 0.3) is 0 Å². The minimum absolute atomic E-state index is 0.222. The van der Waals surface area contributed by atoms with E-state index in [-0.39, 0.29) is 11.5 Å². The van der Waals surface area contributed by atoms with Crippen molar-refractivity contribution in [1.82, 2.24) is 5.32 Å². The van der Waals surface area contributed by atoms with Crippen molar-refractivity contribution in [3.8, 4) is 5.75 Å². The minimum Gasteiger partial charge on any atom is -0.492 e. The van der Waals surface area contributed by atoms with Crippen molar-refractivity contribution in [2.75, 3.05) is 26.9 Å². The van der Waals surface area contributed by atoms with Crippen LogP contribution in [0.15, 0.2) is 24.3 Å². The molecule has 1 aromatic carbocycles. The number of ether oxygens (including phenoxy) is 2. The molecule has 0 fully saturated rings. The monoisotopic (exact) mass is 293 g/mol.